The minimum absolute atomic E-state index is 0.222. The van der Waals surface area contributed by atoms with Gasteiger partial charge in [0.05, 0.1) is 11.6 Å². The van der Waals surface area contributed by atoms with Gasteiger partial charge in [0.2, 0.25) is 11.8 Å². The Morgan fingerprint density at radius 2 is 1.63 bits per heavy atom. The second-order valence-electron chi connectivity index (χ2n) is 6.26. The molecule has 27 heavy (non-hydrogen) atoms. The van der Waals surface area contributed by atoms with Crippen molar-refractivity contribution in [1.82, 2.24) is 4.90 Å². The molecule has 2 amide bonds. The van der Waals surface area contributed by atoms with E-state index in [1.54, 1.807) is 41.3 Å². The standard InChI is InChI=1S/C20H19FN4O2/c21-16-3-7-18(8-4-16)24-9-11-25(12-10-24)20(27)13-19(26)23-17-5-1-15(14-22)2-6-17/h1-8H,9-13H2,(H,23,26). The van der Waals surface area contributed by atoms with Crippen molar-refractivity contribution in [3.8, 4) is 6.07 Å². The average Bonchev–Trinajstić information content (AvgIpc) is 2.69. The molecule has 2 aromatic rings. The quantitative estimate of drug-likeness (QED) is 0.843. The monoisotopic (exact) mass is 366 g/mol. The van der Waals surface area contributed by atoms with Gasteiger partial charge < -0.3 is 15.1 Å². The molecule has 0 bridgehead atoms. The van der Waals surface area contributed by atoms with E-state index in [-0.39, 0.29) is 24.1 Å². The van der Waals surface area contributed by atoms with Gasteiger partial charge in [-0.25, -0.2) is 4.39 Å². The van der Waals surface area contributed by atoms with Crippen molar-refractivity contribution in [2.24, 2.45) is 0 Å². The summed E-state index contributed by atoms with van der Waals surface area (Å²) in [6.45, 7) is 2.30. The fourth-order valence-corrected chi connectivity index (χ4v) is 2.95. The summed E-state index contributed by atoms with van der Waals surface area (Å²) in [5, 5.41) is 11.4. The molecule has 0 aliphatic carbocycles. The normalized spacial score (nSPS) is 13.8. The number of halogens is 1. The molecule has 0 atom stereocenters. The highest BCUT2D eigenvalue weighted by atomic mass is 19.1. The fraction of sp³-hybridized carbons (Fsp3) is 0.250. The zero-order valence-electron chi connectivity index (χ0n) is 14.7. The topological polar surface area (TPSA) is 76.4 Å². The maximum absolute atomic E-state index is 13.0. The van der Waals surface area contributed by atoms with Crippen LogP contribution in [0.3, 0.4) is 0 Å². The van der Waals surface area contributed by atoms with Gasteiger partial charge in [0, 0.05) is 37.6 Å². The van der Waals surface area contributed by atoms with Crippen LogP contribution < -0.4 is 10.2 Å². The van der Waals surface area contributed by atoms with Crippen molar-refractivity contribution in [3.63, 3.8) is 0 Å². The molecule has 0 unspecified atom stereocenters. The molecule has 7 heteroatoms. The lowest BCUT2D eigenvalue weighted by molar-refractivity contribution is -0.134. The SMILES string of the molecule is N#Cc1ccc(NC(=O)CC(=O)N2CCN(c3ccc(F)cc3)CC2)cc1. The van der Waals surface area contributed by atoms with Crippen molar-refractivity contribution in [2.75, 3.05) is 36.4 Å². The van der Waals surface area contributed by atoms with Crippen molar-refractivity contribution in [3.05, 3.63) is 59.9 Å². The lowest BCUT2D eigenvalue weighted by atomic mass is 10.2. The molecule has 1 N–H and O–H groups in total. The Hall–Kier alpha value is -3.40. The summed E-state index contributed by atoms with van der Waals surface area (Å²) in [5.41, 5.74) is 1.97. The van der Waals surface area contributed by atoms with Gasteiger partial charge in [0.1, 0.15) is 12.2 Å². The van der Waals surface area contributed by atoms with Gasteiger partial charge in [-0.2, -0.15) is 5.26 Å². The van der Waals surface area contributed by atoms with E-state index in [0.29, 0.717) is 37.4 Å². The summed E-state index contributed by atoms with van der Waals surface area (Å²) in [5.74, 6) is -0.883. The molecular formula is C20H19FN4O2. The molecule has 1 fully saturated rings. The molecule has 1 aliphatic heterocycles. The molecule has 6 nitrogen and oxygen atoms in total. The van der Waals surface area contributed by atoms with E-state index in [0.717, 1.165) is 5.69 Å². The number of piperazine rings is 1. The van der Waals surface area contributed by atoms with Crippen LogP contribution in [0.1, 0.15) is 12.0 Å². The van der Waals surface area contributed by atoms with Gasteiger partial charge in [-0.15, -0.1) is 0 Å². The number of benzene rings is 2. The van der Waals surface area contributed by atoms with Gasteiger partial charge in [-0.05, 0) is 48.5 Å². The van der Waals surface area contributed by atoms with Crippen molar-refractivity contribution >= 4 is 23.2 Å². The predicted octanol–water partition coefficient (Wildman–Crippen LogP) is 2.37. The van der Waals surface area contributed by atoms with Crippen LogP contribution in [0.4, 0.5) is 15.8 Å². The molecule has 1 aliphatic rings. The number of anilines is 2. The molecule has 0 radical (unpaired) electrons. The molecule has 1 heterocycles. The molecule has 2 aromatic carbocycles. The van der Waals surface area contributed by atoms with E-state index < -0.39 is 0 Å². The number of carbonyl (C=O) groups is 2. The highest BCUT2D eigenvalue weighted by Gasteiger charge is 2.23. The molecule has 1 saturated heterocycles. The van der Waals surface area contributed by atoms with E-state index in [4.69, 9.17) is 5.26 Å². The molecule has 0 saturated carbocycles. The Morgan fingerprint density at radius 1 is 1.00 bits per heavy atom. The Labute approximate surface area is 156 Å². The first-order valence-corrected chi connectivity index (χ1v) is 8.63. The maximum Gasteiger partial charge on any atom is 0.233 e. The van der Waals surface area contributed by atoms with Crippen LogP contribution in [-0.4, -0.2) is 42.9 Å². The second kappa shape index (κ2) is 8.32. The van der Waals surface area contributed by atoms with Crippen LogP contribution in [0.5, 0.6) is 0 Å². The van der Waals surface area contributed by atoms with Crippen LogP contribution in [-0.2, 0) is 9.59 Å². The number of carbonyl (C=O) groups excluding carboxylic acids is 2. The Morgan fingerprint density at radius 3 is 2.22 bits per heavy atom. The molecule has 0 aromatic heterocycles. The number of nitriles is 1. The van der Waals surface area contributed by atoms with E-state index in [1.165, 1.54) is 12.1 Å². The number of rotatable bonds is 4. The van der Waals surface area contributed by atoms with Crippen LogP contribution in [0.2, 0.25) is 0 Å². The van der Waals surface area contributed by atoms with Gasteiger partial charge in [0.15, 0.2) is 0 Å². The van der Waals surface area contributed by atoms with Gasteiger partial charge in [-0.1, -0.05) is 0 Å². The van der Waals surface area contributed by atoms with Crippen molar-refractivity contribution in [1.29, 1.82) is 5.26 Å². The average molecular weight is 366 g/mol. The highest BCUT2D eigenvalue weighted by Crippen LogP contribution is 2.17. The minimum Gasteiger partial charge on any atom is -0.368 e. The van der Waals surface area contributed by atoms with Crippen LogP contribution in [0.15, 0.2) is 48.5 Å². The van der Waals surface area contributed by atoms with E-state index in [9.17, 15) is 14.0 Å². The first-order valence-electron chi connectivity index (χ1n) is 8.63. The minimum atomic E-state index is -0.384. The Balaban J connectivity index is 1.48. The smallest absolute Gasteiger partial charge is 0.233 e. The zero-order chi connectivity index (χ0) is 19.2. The lowest BCUT2D eigenvalue weighted by Gasteiger charge is -2.36. The van der Waals surface area contributed by atoms with E-state index in [2.05, 4.69) is 10.2 Å². The first-order chi connectivity index (χ1) is 13.0. The van der Waals surface area contributed by atoms with Crippen LogP contribution in [0.25, 0.3) is 0 Å². The summed E-state index contributed by atoms with van der Waals surface area (Å²) >= 11 is 0. The highest BCUT2D eigenvalue weighted by molar-refractivity contribution is 6.03. The maximum atomic E-state index is 13.0. The Kier molecular flexibility index (Phi) is 5.67. The lowest BCUT2D eigenvalue weighted by Crippen LogP contribution is -2.49. The molecule has 0 spiro atoms. The second-order valence-corrected chi connectivity index (χ2v) is 6.26. The van der Waals surface area contributed by atoms with Crippen LogP contribution in [0, 0.1) is 17.1 Å². The predicted molar refractivity (Wildman–Crippen MR) is 99.6 cm³/mol. The summed E-state index contributed by atoms with van der Waals surface area (Å²) in [6, 6.07) is 14.7. The molecular weight excluding hydrogens is 347 g/mol. The van der Waals surface area contributed by atoms with E-state index >= 15 is 0 Å². The number of amides is 2. The van der Waals surface area contributed by atoms with Crippen molar-refractivity contribution < 1.29 is 14.0 Å². The Bertz CT molecular complexity index is 851. The third-order valence-electron chi connectivity index (χ3n) is 4.43. The summed E-state index contributed by atoms with van der Waals surface area (Å²) in [7, 11) is 0. The third kappa shape index (κ3) is 4.82. The van der Waals surface area contributed by atoms with Gasteiger partial charge >= 0.3 is 0 Å². The number of nitrogens with one attached hydrogen (secondary N) is 1. The molecule has 138 valence electrons. The number of hydrogen-bond acceptors (Lipinski definition) is 4. The van der Waals surface area contributed by atoms with E-state index in [1.807, 2.05) is 6.07 Å². The molecule has 3 rings (SSSR count). The third-order valence-corrected chi connectivity index (χ3v) is 4.43. The van der Waals surface area contributed by atoms with Gasteiger partial charge in [0.25, 0.3) is 0 Å². The number of hydrogen-bond donors (Lipinski definition) is 1. The number of nitrogens with zero attached hydrogens (tertiary/aromatic N) is 3. The summed E-state index contributed by atoms with van der Waals surface area (Å²) < 4.78 is 13.0. The largest absolute Gasteiger partial charge is 0.368 e. The first kappa shape index (κ1) is 18.4. The summed E-state index contributed by atoms with van der Waals surface area (Å²) in [4.78, 5) is 28.2. The van der Waals surface area contributed by atoms with Crippen molar-refractivity contribution in [2.45, 2.75) is 6.42 Å². The zero-order valence-corrected chi connectivity index (χ0v) is 14.7. The summed E-state index contributed by atoms with van der Waals surface area (Å²) in [6.07, 6.45) is -0.226. The van der Waals surface area contributed by atoms with Crippen LogP contribution >= 0.6 is 0 Å². The van der Waals surface area contributed by atoms with Gasteiger partial charge in [-0.3, -0.25) is 9.59 Å². The fourth-order valence-electron chi connectivity index (χ4n) is 2.95.